The second kappa shape index (κ2) is 6.38. The Hall–Kier alpha value is -0.220. The predicted octanol–water partition coefficient (Wildman–Crippen LogP) is 1.33. The Morgan fingerprint density at radius 2 is 2.40 bits per heavy atom. The molecule has 0 saturated carbocycles. The third-order valence-corrected chi connectivity index (χ3v) is 3.77. The van der Waals surface area contributed by atoms with Crippen molar-refractivity contribution in [3.63, 3.8) is 0 Å². The van der Waals surface area contributed by atoms with Crippen LogP contribution in [0.15, 0.2) is 0 Å². The monoisotopic (exact) mass is 230 g/mol. The molecular formula is C11H22N2OS. The number of nitrogens with two attached hydrogens (primary N) is 1. The topological polar surface area (TPSA) is 46.3 Å². The Balaban J connectivity index is 2.33. The fourth-order valence-corrected chi connectivity index (χ4v) is 2.46. The Morgan fingerprint density at radius 1 is 1.67 bits per heavy atom. The van der Waals surface area contributed by atoms with E-state index in [-0.39, 0.29) is 11.9 Å². The number of thioether (sulfide) groups is 1. The molecule has 0 aromatic rings. The first kappa shape index (κ1) is 12.8. The lowest BCUT2D eigenvalue weighted by Gasteiger charge is -2.20. The highest BCUT2D eigenvalue weighted by Gasteiger charge is 2.27. The van der Waals surface area contributed by atoms with Crippen LogP contribution >= 0.6 is 11.8 Å². The van der Waals surface area contributed by atoms with Crippen LogP contribution in [-0.4, -0.2) is 41.9 Å². The summed E-state index contributed by atoms with van der Waals surface area (Å²) in [5.41, 5.74) is 5.87. The minimum absolute atomic E-state index is 0.153. The lowest BCUT2D eigenvalue weighted by Crippen LogP contribution is -2.43. The van der Waals surface area contributed by atoms with E-state index >= 15 is 0 Å². The molecule has 3 nitrogen and oxygen atoms in total. The van der Waals surface area contributed by atoms with Crippen LogP contribution in [0.25, 0.3) is 0 Å². The first-order chi connectivity index (χ1) is 7.19. The van der Waals surface area contributed by atoms with E-state index in [1.807, 2.05) is 11.2 Å². The number of nitrogens with zero attached hydrogens (tertiary/aromatic N) is 1. The van der Waals surface area contributed by atoms with Crippen LogP contribution in [0.2, 0.25) is 0 Å². The molecule has 88 valence electrons. The Labute approximate surface area is 96.8 Å². The summed E-state index contributed by atoms with van der Waals surface area (Å²) in [5, 5.41) is 0. The minimum Gasteiger partial charge on any atom is -0.341 e. The molecule has 1 heterocycles. The molecule has 1 fully saturated rings. The number of hydrogen-bond donors (Lipinski definition) is 1. The summed E-state index contributed by atoms with van der Waals surface area (Å²) in [5.74, 6) is 1.82. The summed E-state index contributed by atoms with van der Waals surface area (Å²) in [7, 11) is 0. The van der Waals surface area contributed by atoms with Gasteiger partial charge in [0.15, 0.2) is 0 Å². The highest BCUT2D eigenvalue weighted by molar-refractivity contribution is 7.98. The number of hydrogen-bond acceptors (Lipinski definition) is 3. The van der Waals surface area contributed by atoms with Gasteiger partial charge in [-0.25, -0.2) is 0 Å². The molecule has 0 radical (unpaired) electrons. The molecule has 0 bridgehead atoms. The summed E-state index contributed by atoms with van der Waals surface area (Å²) < 4.78 is 0. The van der Waals surface area contributed by atoms with Crippen LogP contribution in [0.4, 0.5) is 0 Å². The van der Waals surface area contributed by atoms with Gasteiger partial charge in [-0.15, -0.1) is 0 Å². The zero-order valence-electron chi connectivity index (χ0n) is 9.74. The van der Waals surface area contributed by atoms with Crippen LogP contribution in [0.5, 0.6) is 0 Å². The zero-order chi connectivity index (χ0) is 11.3. The van der Waals surface area contributed by atoms with Crippen molar-refractivity contribution in [2.24, 2.45) is 11.7 Å². The second-order valence-corrected chi connectivity index (χ2v) is 5.22. The van der Waals surface area contributed by atoms with Gasteiger partial charge in [0.05, 0.1) is 6.04 Å². The van der Waals surface area contributed by atoms with E-state index in [0.717, 1.165) is 31.7 Å². The second-order valence-electron chi connectivity index (χ2n) is 4.24. The van der Waals surface area contributed by atoms with Crippen LogP contribution < -0.4 is 5.73 Å². The van der Waals surface area contributed by atoms with Crippen molar-refractivity contribution < 1.29 is 4.79 Å². The van der Waals surface area contributed by atoms with Crippen molar-refractivity contribution in [2.75, 3.05) is 25.1 Å². The highest BCUT2D eigenvalue weighted by atomic mass is 32.2. The molecule has 1 saturated heterocycles. The first-order valence-electron chi connectivity index (χ1n) is 5.72. The van der Waals surface area contributed by atoms with E-state index in [1.54, 1.807) is 11.8 Å². The number of amides is 1. The number of carbonyl (C=O) groups excluding carboxylic acids is 1. The van der Waals surface area contributed by atoms with Crippen LogP contribution in [0.1, 0.15) is 26.2 Å². The van der Waals surface area contributed by atoms with E-state index in [2.05, 4.69) is 6.92 Å². The van der Waals surface area contributed by atoms with Crippen LogP contribution in [-0.2, 0) is 4.79 Å². The summed E-state index contributed by atoms with van der Waals surface area (Å²) in [6.07, 6.45) is 5.16. The zero-order valence-corrected chi connectivity index (χ0v) is 10.6. The number of likely N-dealkylation sites (tertiary alicyclic amines) is 1. The summed E-state index contributed by atoms with van der Waals surface area (Å²) in [4.78, 5) is 13.8. The van der Waals surface area contributed by atoms with Gasteiger partial charge in [-0.1, -0.05) is 13.3 Å². The fourth-order valence-electron chi connectivity index (χ4n) is 1.97. The molecule has 0 aromatic heterocycles. The quantitative estimate of drug-likeness (QED) is 0.775. The third kappa shape index (κ3) is 3.68. The molecule has 0 aromatic carbocycles. The molecule has 0 aliphatic carbocycles. The molecule has 1 aliphatic rings. The number of rotatable bonds is 5. The maximum atomic E-state index is 11.9. The van der Waals surface area contributed by atoms with Gasteiger partial charge in [-0.05, 0) is 30.8 Å². The lowest BCUT2D eigenvalue weighted by atomic mass is 10.1. The van der Waals surface area contributed by atoms with Gasteiger partial charge in [-0.3, -0.25) is 4.79 Å². The summed E-state index contributed by atoms with van der Waals surface area (Å²) in [6, 6.07) is -0.284. The Morgan fingerprint density at radius 3 is 2.93 bits per heavy atom. The van der Waals surface area contributed by atoms with Crippen LogP contribution in [0, 0.1) is 5.92 Å². The standard InChI is InChI=1S/C11H22N2OS/c1-3-9-4-6-13(8-9)11(14)10(12)5-7-15-2/h9-10H,3-8,12H2,1-2H3/t9?,10-/m1/s1. The summed E-state index contributed by atoms with van der Waals surface area (Å²) in [6.45, 7) is 4.01. The largest absolute Gasteiger partial charge is 0.341 e. The van der Waals surface area contributed by atoms with Crippen molar-refractivity contribution >= 4 is 17.7 Å². The third-order valence-electron chi connectivity index (χ3n) is 3.13. The maximum absolute atomic E-state index is 11.9. The molecular weight excluding hydrogens is 208 g/mol. The van der Waals surface area contributed by atoms with E-state index < -0.39 is 0 Å². The average Bonchev–Trinajstić information content (AvgIpc) is 2.73. The normalized spacial score (nSPS) is 23.1. The first-order valence-corrected chi connectivity index (χ1v) is 7.11. The van der Waals surface area contributed by atoms with Crippen LogP contribution in [0.3, 0.4) is 0 Å². The van der Waals surface area contributed by atoms with Crippen molar-refractivity contribution in [3.05, 3.63) is 0 Å². The van der Waals surface area contributed by atoms with Gasteiger partial charge in [0, 0.05) is 13.1 Å². The maximum Gasteiger partial charge on any atom is 0.239 e. The molecule has 15 heavy (non-hydrogen) atoms. The van der Waals surface area contributed by atoms with E-state index in [9.17, 15) is 4.79 Å². The molecule has 1 amide bonds. The SMILES string of the molecule is CCC1CCN(C(=O)[C@H](N)CCSC)C1. The van der Waals surface area contributed by atoms with Gasteiger partial charge >= 0.3 is 0 Å². The van der Waals surface area contributed by atoms with Gasteiger partial charge in [0.1, 0.15) is 0 Å². The Kier molecular flexibility index (Phi) is 5.47. The Bertz CT molecular complexity index is 211. The van der Waals surface area contributed by atoms with E-state index in [0.29, 0.717) is 5.92 Å². The smallest absolute Gasteiger partial charge is 0.239 e. The van der Waals surface area contributed by atoms with Crippen molar-refractivity contribution in [1.82, 2.24) is 4.90 Å². The lowest BCUT2D eigenvalue weighted by molar-refractivity contribution is -0.131. The van der Waals surface area contributed by atoms with Crippen molar-refractivity contribution in [1.29, 1.82) is 0 Å². The molecule has 0 spiro atoms. The van der Waals surface area contributed by atoms with Gasteiger partial charge in [-0.2, -0.15) is 11.8 Å². The molecule has 1 aliphatic heterocycles. The highest BCUT2D eigenvalue weighted by Crippen LogP contribution is 2.19. The predicted molar refractivity (Wildman–Crippen MR) is 66.0 cm³/mol. The van der Waals surface area contributed by atoms with Crippen molar-refractivity contribution in [3.8, 4) is 0 Å². The van der Waals surface area contributed by atoms with E-state index in [4.69, 9.17) is 5.73 Å². The fraction of sp³-hybridized carbons (Fsp3) is 0.909. The average molecular weight is 230 g/mol. The number of carbonyl (C=O) groups is 1. The van der Waals surface area contributed by atoms with E-state index in [1.165, 1.54) is 6.42 Å². The van der Waals surface area contributed by atoms with Gasteiger partial charge in [0.25, 0.3) is 0 Å². The molecule has 1 unspecified atom stereocenters. The van der Waals surface area contributed by atoms with Gasteiger partial charge in [0.2, 0.25) is 5.91 Å². The molecule has 1 rings (SSSR count). The van der Waals surface area contributed by atoms with Crippen molar-refractivity contribution in [2.45, 2.75) is 32.2 Å². The molecule has 4 heteroatoms. The minimum atomic E-state index is -0.284. The molecule has 2 atom stereocenters. The molecule has 2 N–H and O–H groups in total. The van der Waals surface area contributed by atoms with Gasteiger partial charge < -0.3 is 10.6 Å². The summed E-state index contributed by atoms with van der Waals surface area (Å²) >= 11 is 1.74.